The number of nitrogens with zero attached hydrogens (tertiary/aromatic N) is 1. The number of primary amides is 1. The first-order chi connectivity index (χ1) is 20.7. The molecule has 0 saturated heterocycles. The van der Waals surface area contributed by atoms with Gasteiger partial charge in [-0.15, -0.1) is 0 Å². The number of rotatable bonds is 7. The predicted octanol–water partition coefficient (Wildman–Crippen LogP) is 2.37. The first kappa shape index (κ1) is 31.0. The number of phenolic OH excluding ortho intramolecular Hbond substituents is 1. The number of hydrogen-bond donors (Lipinski definition) is 5. The van der Waals surface area contributed by atoms with Gasteiger partial charge in [-0.25, -0.2) is 0 Å². The minimum absolute atomic E-state index is 0.000496. The number of carbonyl (C=O) groups is 4. The van der Waals surface area contributed by atoms with Crippen molar-refractivity contribution in [3.63, 3.8) is 0 Å². The lowest BCUT2D eigenvalue weighted by molar-refractivity contribution is -0.153. The molecule has 0 bridgehead atoms. The van der Waals surface area contributed by atoms with Gasteiger partial charge in [-0.2, -0.15) is 0 Å². The van der Waals surface area contributed by atoms with E-state index < -0.39 is 58.0 Å². The van der Waals surface area contributed by atoms with E-state index >= 15 is 0 Å². The average Bonchev–Trinajstić information content (AvgIpc) is 2.93. The number of fused-ring (bicyclic) bond motifs is 3. The number of ketones is 2. The van der Waals surface area contributed by atoms with Gasteiger partial charge >= 0.3 is 5.97 Å². The van der Waals surface area contributed by atoms with Crippen LogP contribution in [0, 0.1) is 17.8 Å². The fraction of sp³-hybridized carbons (Fsp3) is 0.394. The number of Topliss-reactive ketones (excluding diaryl/α,β-unsaturated/α-hetero) is 2. The summed E-state index contributed by atoms with van der Waals surface area (Å²) in [5.41, 5.74) is 4.20. The van der Waals surface area contributed by atoms with Crippen LogP contribution in [0.4, 0.5) is 0 Å². The Kier molecular flexibility index (Phi) is 7.89. The van der Waals surface area contributed by atoms with E-state index in [1.54, 1.807) is 32.3 Å². The molecule has 3 aliphatic rings. The second-order valence-electron chi connectivity index (χ2n) is 12.4. The third kappa shape index (κ3) is 4.86. The molecule has 2 aromatic carbocycles. The van der Waals surface area contributed by atoms with Crippen molar-refractivity contribution in [1.82, 2.24) is 4.90 Å². The topological polar surface area (TPSA) is 188 Å². The summed E-state index contributed by atoms with van der Waals surface area (Å²) in [5, 5.41) is 45.1. The molecule has 11 heteroatoms. The van der Waals surface area contributed by atoms with Crippen LogP contribution in [0.3, 0.4) is 0 Å². The van der Waals surface area contributed by atoms with Crippen molar-refractivity contribution in [3.8, 4) is 16.9 Å². The second-order valence-corrected chi connectivity index (χ2v) is 12.4. The van der Waals surface area contributed by atoms with E-state index in [1.165, 1.54) is 11.0 Å². The van der Waals surface area contributed by atoms with Crippen molar-refractivity contribution < 1.29 is 44.3 Å². The van der Waals surface area contributed by atoms with E-state index in [1.807, 2.05) is 26.0 Å². The molecule has 1 fully saturated rings. The van der Waals surface area contributed by atoms with Gasteiger partial charge in [0, 0.05) is 11.5 Å². The molecular weight excluding hydrogens is 568 g/mol. The lowest BCUT2D eigenvalue weighted by Crippen LogP contribution is -2.65. The van der Waals surface area contributed by atoms with Crippen LogP contribution in [-0.2, 0) is 36.8 Å². The molecule has 1 saturated carbocycles. The van der Waals surface area contributed by atoms with E-state index in [0.29, 0.717) is 28.9 Å². The number of aliphatic hydroxyl groups is 3. The molecule has 0 radical (unpaired) electrons. The van der Waals surface area contributed by atoms with Crippen molar-refractivity contribution in [2.75, 3.05) is 20.7 Å². The lowest BCUT2D eigenvalue weighted by Gasteiger charge is -2.50. The zero-order valence-electron chi connectivity index (χ0n) is 25.0. The van der Waals surface area contributed by atoms with Crippen LogP contribution in [-0.4, -0.2) is 81.1 Å². The van der Waals surface area contributed by atoms with Crippen molar-refractivity contribution in [3.05, 3.63) is 70.0 Å². The third-order valence-corrected chi connectivity index (χ3v) is 8.77. The molecule has 0 aromatic heterocycles. The van der Waals surface area contributed by atoms with Gasteiger partial charge in [0.1, 0.15) is 22.8 Å². The summed E-state index contributed by atoms with van der Waals surface area (Å²) in [5.74, 6) is -7.18. The van der Waals surface area contributed by atoms with Crippen LogP contribution in [0.15, 0.2) is 53.3 Å². The standard InChI is InChI=1S/C33H36N2O9/c1-15(2)14-44-23(37)11-16-6-5-7-17(10-16)19-8-9-22(36)25-20(19)12-18-13-21-27(35(3)4)29(39)26(32(34)42)31(41)33(21,43)30(40)24(18)28(25)38/h5-10,15,18,21,27,36,38,41,43H,11-14H2,1-4H3,(H2,34,42). The molecule has 2 aromatic rings. The quantitative estimate of drug-likeness (QED) is 0.232. The Hall–Kier alpha value is -4.48. The van der Waals surface area contributed by atoms with Crippen LogP contribution < -0.4 is 5.73 Å². The van der Waals surface area contributed by atoms with Gasteiger partial charge in [-0.1, -0.05) is 44.2 Å². The van der Waals surface area contributed by atoms with E-state index in [-0.39, 0.29) is 48.0 Å². The minimum atomic E-state index is -2.70. The predicted molar refractivity (Wildman–Crippen MR) is 159 cm³/mol. The monoisotopic (exact) mass is 604 g/mol. The molecule has 11 nitrogen and oxygen atoms in total. The number of hydrogen-bond acceptors (Lipinski definition) is 10. The summed E-state index contributed by atoms with van der Waals surface area (Å²) in [6, 6.07) is 9.13. The van der Waals surface area contributed by atoms with Gasteiger partial charge in [0.05, 0.1) is 24.6 Å². The number of aromatic hydroxyl groups is 1. The molecule has 6 N–H and O–H groups in total. The van der Waals surface area contributed by atoms with E-state index in [0.717, 1.165) is 0 Å². The maximum absolute atomic E-state index is 14.0. The smallest absolute Gasteiger partial charge is 0.310 e. The molecule has 4 unspecified atom stereocenters. The number of esters is 1. The first-order valence-electron chi connectivity index (χ1n) is 14.4. The molecule has 3 aliphatic carbocycles. The summed E-state index contributed by atoms with van der Waals surface area (Å²) in [4.78, 5) is 53.3. The maximum atomic E-state index is 14.0. The Morgan fingerprint density at radius 1 is 1.11 bits per heavy atom. The number of ether oxygens (including phenoxy) is 1. The highest BCUT2D eigenvalue weighted by atomic mass is 16.5. The molecule has 5 rings (SSSR count). The van der Waals surface area contributed by atoms with E-state index in [2.05, 4.69) is 0 Å². The molecule has 232 valence electrons. The highest BCUT2D eigenvalue weighted by Gasteiger charge is 2.64. The Labute approximate surface area is 254 Å². The Morgan fingerprint density at radius 2 is 1.82 bits per heavy atom. The lowest BCUT2D eigenvalue weighted by atomic mass is 9.57. The Morgan fingerprint density at radius 3 is 2.45 bits per heavy atom. The fourth-order valence-corrected chi connectivity index (χ4v) is 6.84. The van der Waals surface area contributed by atoms with E-state index in [9.17, 15) is 39.6 Å². The number of carbonyl (C=O) groups excluding carboxylic acids is 4. The highest BCUT2D eigenvalue weighted by Crippen LogP contribution is 2.53. The first-order valence-corrected chi connectivity index (χ1v) is 14.4. The number of amides is 1. The molecule has 0 aliphatic heterocycles. The Bertz CT molecular complexity index is 1650. The van der Waals surface area contributed by atoms with Crippen LogP contribution in [0.25, 0.3) is 16.9 Å². The van der Waals surface area contributed by atoms with Crippen LogP contribution >= 0.6 is 0 Å². The van der Waals surface area contributed by atoms with Crippen LogP contribution in [0.1, 0.15) is 37.0 Å². The van der Waals surface area contributed by atoms with Crippen molar-refractivity contribution in [1.29, 1.82) is 0 Å². The highest BCUT2D eigenvalue weighted by molar-refractivity contribution is 6.24. The second kappa shape index (κ2) is 11.2. The molecule has 1 amide bonds. The van der Waals surface area contributed by atoms with Gasteiger partial charge in [-0.05, 0) is 67.1 Å². The molecule has 44 heavy (non-hydrogen) atoms. The Balaban J connectivity index is 1.61. The van der Waals surface area contributed by atoms with Gasteiger partial charge in [0.2, 0.25) is 5.78 Å². The number of likely N-dealkylation sites (N-methyl/N-ethyl adjacent to an activating group) is 1. The number of aliphatic hydroxyl groups excluding tert-OH is 2. The zero-order valence-corrected chi connectivity index (χ0v) is 25.0. The average molecular weight is 605 g/mol. The normalized spacial score (nSPS) is 24.8. The van der Waals surface area contributed by atoms with Crippen molar-refractivity contribution in [2.24, 2.45) is 23.5 Å². The molecule has 0 spiro atoms. The summed E-state index contributed by atoms with van der Waals surface area (Å²) in [7, 11) is 3.10. The maximum Gasteiger partial charge on any atom is 0.310 e. The number of nitrogens with two attached hydrogens (primary N) is 1. The summed E-state index contributed by atoms with van der Waals surface area (Å²) in [6.45, 7) is 4.20. The summed E-state index contributed by atoms with van der Waals surface area (Å²) in [6.07, 6.45) is 0.194. The summed E-state index contributed by atoms with van der Waals surface area (Å²) >= 11 is 0. The molecule has 0 heterocycles. The van der Waals surface area contributed by atoms with Crippen molar-refractivity contribution >= 4 is 29.2 Å². The van der Waals surface area contributed by atoms with Gasteiger partial charge in [0.25, 0.3) is 5.91 Å². The summed E-state index contributed by atoms with van der Waals surface area (Å²) < 4.78 is 5.32. The fourth-order valence-electron chi connectivity index (χ4n) is 6.84. The third-order valence-electron chi connectivity index (χ3n) is 8.77. The molecule has 4 atom stereocenters. The zero-order chi connectivity index (χ0) is 32.2. The van der Waals surface area contributed by atoms with Crippen LogP contribution in [0.5, 0.6) is 5.75 Å². The van der Waals surface area contributed by atoms with Crippen LogP contribution in [0.2, 0.25) is 0 Å². The van der Waals surface area contributed by atoms with Crippen molar-refractivity contribution in [2.45, 2.75) is 44.8 Å². The SMILES string of the molecule is CC(C)COC(=O)Cc1cccc(-c2ccc(O)c3c2CC2CC4C(N(C)C)C(=O)C(C(N)=O)=C(O)C4(O)C(=O)C2=C3O)c1. The van der Waals surface area contributed by atoms with Gasteiger partial charge < -0.3 is 30.9 Å². The minimum Gasteiger partial charge on any atom is -0.508 e. The van der Waals surface area contributed by atoms with Gasteiger partial charge in [0.15, 0.2) is 11.4 Å². The molecular formula is C33H36N2O9. The number of benzene rings is 2. The van der Waals surface area contributed by atoms with Gasteiger partial charge in [-0.3, -0.25) is 24.1 Å². The van der Waals surface area contributed by atoms with E-state index in [4.69, 9.17) is 10.5 Å². The number of phenols is 1. The largest absolute Gasteiger partial charge is 0.508 e.